The first-order chi connectivity index (χ1) is 10.2. The molecule has 0 radical (unpaired) electrons. The maximum Gasteiger partial charge on any atom is 0.246 e. The van der Waals surface area contributed by atoms with Crippen LogP contribution in [-0.4, -0.2) is 56.0 Å². The number of piperazine rings is 1. The van der Waals surface area contributed by atoms with Crippen LogP contribution in [0.25, 0.3) is 6.08 Å². The van der Waals surface area contributed by atoms with E-state index in [9.17, 15) is 4.79 Å². The largest absolute Gasteiger partial charge is 0.497 e. The smallest absolute Gasteiger partial charge is 0.246 e. The number of benzene rings is 1. The average molecular weight is 286 g/mol. The lowest BCUT2D eigenvalue weighted by atomic mass is 10.2. The summed E-state index contributed by atoms with van der Waals surface area (Å²) in [5.74, 6) is 0.926. The topological polar surface area (TPSA) is 32.8 Å². The molecule has 1 fully saturated rings. The molecular weight excluding hydrogens is 264 g/mol. The molecule has 4 heteroatoms. The first-order valence-electron chi connectivity index (χ1n) is 7.15. The first-order valence-corrected chi connectivity index (χ1v) is 7.15. The van der Waals surface area contributed by atoms with Gasteiger partial charge in [-0.05, 0) is 24.7 Å². The number of nitrogens with zero attached hydrogens (tertiary/aromatic N) is 2. The highest BCUT2D eigenvalue weighted by Gasteiger charge is 2.16. The molecule has 2 rings (SSSR count). The molecule has 0 atom stereocenters. The monoisotopic (exact) mass is 286 g/mol. The molecule has 0 aromatic heterocycles. The van der Waals surface area contributed by atoms with Crippen LogP contribution in [0.3, 0.4) is 0 Å². The van der Waals surface area contributed by atoms with Crippen molar-refractivity contribution < 1.29 is 9.53 Å². The Bertz CT molecular complexity index is 512. The van der Waals surface area contributed by atoms with Crippen LogP contribution in [0.15, 0.2) is 42.5 Å². The lowest BCUT2D eigenvalue weighted by molar-refractivity contribution is -0.127. The maximum atomic E-state index is 12.0. The predicted molar refractivity (Wildman–Crippen MR) is 85.2 cm³/mol. The summed E-state index contributed by atoms with van der Waals surface area (Å²) in [4.78, 5) is 16.1. The second kappa shape index (κ2) is 7.64. The molecule has 0 aliphatic carbocycles. The normalized spacial score (nSPS) is 16.8. The van der Waals surface area contributed by atoms with Crippen LogP contribution in [0.5, 0.6) is 5.75 Å². The number of ether oxygens (including phenoxy) is 1. The van der Waals surface area contributed by atoms with Crippen molar-refractivity contribution in [1.82, 2.24) is 9.80 Å². The Hall–Kier alpha value is -2.07. The average Bonchev–Trinajstić information content (AvgIpc) is 2.52. The molecule has 1 heterocycles. The molecule has 1 aliphatic heterocycles. The van der Waals surface area contributed by atoms with Crippen molar-refractivity contribution in [3.8, 4) is 5.75 Å². The second-order valence-corrected chi connectivity index (χ2v) is 5.12. The van der Waals surface area contributed by atoms with Gasteiger partial charge in [0, 0.05) is 32.3 Å². The van der Waals surface area contributed by atoms with Gasteiger partial charge in [-0.1, -0.05) is 30.4 Å². The number of hydrogen-bond acceptors (Lipinski definition) is 3. The van der Waals surface area contributed by atoms with Gasteiger partial charge >= 0.3 is 0 Å². The second-order valence-electron chi connectivity index (χ2n) is 5.12. The number of methoxy groups -OCH3 is 1. The van der Waals surface area contributed by atoms with E-state index < -0.39 is 0 Å². The molecule has 1 amide bonds. The fraction of sp³-hybridized carbons (Fsp3) is 0.353. The van der Waals surface area contributed by atoms with Crippen molar-refractivity contribution in [1.29, 1.82) is 0 Å². The van der Waals surface area contributed by atoms with E-state index >= 15 is 0 Å². The number of carbonyl (C=O) groups excluding carboxylic acids is 1. The Morgan fingerprint density at radius 3 is 2.38 bits per heavy atom. The van der Waals surface area contributed by atoms with Gasteiger partial charge < -0.3 is 14.5 Å². The fourth-order valence-electron chi connectivity index (χ4n) is 2.15. The van der Waals surface area contributed by atoms with Crippen LogP contribution in [0.4, 0.5) is 0 Å². The van der Waals surface area contributed by atoms with Gasteiger partial charge in [0.15, 0.2) is 0 Å². The van der Waals surface area contributed by atoms with E-state index in [2.05, 4.69) is 11.9 Å². The predicted octanol–water partition coefficient (Wildman–Crippen LogP) is 2.04. The van der Waals surface area contributed by atoms with Gasteiger partial charge in [0.1, 0.15) is 5.75 Å². The molecule has 1 saturated heterocycles. The third-order valence-corrected chi connectivity index (χ3v) is 3.57. The van der Waals surface area contributed by atoms with Crippen molar-refractivity contribution in [3.05, 3.63) is 48.1 Å². The van der Waals surface area contributed by atoms with E-state index in [1.54, 1.807) is 19.3 Å². The van der Waals surface area contributed by atoms with E-state index in [4.69, 9.17) is 4.74 Å². The number of rotatable bonds is 4. The van der Waals surface area contributed by atoms with Crippen molar-refractivity contribution in [2.45, 2.75) is 0 Å². The summed E-state index contributed by atoms with van der Waals surface area (Å²) in [6.07, 6.45) is 7.28. The third kappa shape index (κ3) is 4.76. The fourth-order valence-corrected chi connectivity index (χ4v) is 2.15. The highest BCUT2D eigenvalue weighted by Crippen LogP contribution is 2.12. The van der Waals surface area contributed by atoms with E-state index in [1.165, 1.54) is 0 Å². The van der Waals surface area contributed by atoms with Gasteiger partial charge in [-0.2, -0.15) is 0 Å². The van der Waals surface area contributed by atoms with Gasteiger partial charge in [0.25, 0.3) is 0 Å². The van der Waals surface area contributed by atoms with Gasteiger partial charge in [-0.3, -0.25) is 4.79 Å². The minimum atomic E-state index is 0.0856. The minimum Gasteiger partial charge on any atom is -0.497 e. The van der Waals surface area contributed by atoms with Gasteiger partial charge in [0.05, 0.1) is 7.11 Å². The SMILES string of the molecule is COc1ccc(/C=C/C=C/C(=O)N2CCN(C)CC2)cc1. The van der Waals surface area contributed by atoms with E-state index in [1.807, 2.05) is 41.3 Å². The summed E-state index contributed by atoms with van der Waals surface area (Å²) >= 11 is 0. The Labute approximate surface area is 126 Å². The Balaban J connectivity index is 1.83. The molecule has 0 N–H and O–H groups in total. The van der Waals surface area contributed by atoms with Crippen molar-refractivity contribution in [2.24, 2.45) is 0 Å². The molecular formula is C17H22N2O2. The summed E-state index contributed by atoms with van der Waals surface area (Å²) in [6.45, 7) is 3.51. The highest BCUT2D eigenvalue weighted by molar-refractivity contribution is 5.88. The van der Waals surface area contributed by atoms with Gasteiger partial charge in [-0.25, -0.2) is 0 Å². The van der Waals surface area contributed by atoms with Crippen LogP contribution in [0.2, 0.25) is 0 Å². The van der Waals surface area contributed by atoms with Crippen LogP contribution >= 0.6 is 0 Å². The first kappa shape index (κ1) is 15.3. The van der Waals surface area contributed by atoms with Gasteiger partial charge in [-0.15, -0.1) is 0 Å². The molecule has 1 aliphatic rings. The number of amides is 1. The van der Waals surface area contributed by atoms with Crippen molar-refractivity contribution in [2.75, 3.05) is 40.3 Å². The zero-order chi connectivity index (χ0) is 15.1. The van der Waals surface area contributed by atoms with Crippen molar-refractivity contribution >= 4 is 12.0 Å². The molecule has 1 aromatic rings. The lowest BCUT2D eigenvalue weighted by Gasteiger charge is -2.31. The number of likely N-dealkylation sites (N-methyl/N-ethyl adjacent to an activating group) is 1. The Kier molecular flexibility index (Phi) is 5.58. The number of hydrogen-bond donors (Lipinski definition) is 0. The molecule has 0 spiro atoms. The van der Waals surface area contributed by atoms with E-state index in [-0.39, 0.29) is 5.91 Å². The zero-order valence-electron chi connectivity index (χ0n) is 12.7. The van der Waals surface area contributed by atoms with Crippen LogP contribution in [0, 0.1) is 0 Å². The molecule has 1 aromatic carbocycles. The standard InChI is InChI=1S/C17H22N2O2/c1-18-11-13-19(14-12-18)17(20)6-4-3-5-15-7-9-16(21-2)10-8-15/h3-10H,11-14H2,1-2H3/b5-3+,6-4+. The van der Waals surface area contributed by atoms with E-state index in [0.717, 1.165) is 37.5 Å². The molecule has 21 heavy (non-hydrogen) atoms. The molecule has 4 nitrogen and oxygen atoms in total. The van der Waals surface area contributed by atoms with E-state index in [0.29, 0.717) is 0 Å². The quantitative estimate of drug-likeness (QED) is 0.627. The third-order valence-electron chi connectivity index (χ3n) is 3.57. The van der Waals surface area contributed by atoms with Crippen molar-refractivity contribution in [3.63, 3.8) is 0 Å². The minimum absolute atomic E-state index is 0.0856. The summed E-state index contributed by atoms with van der Waals surface area (Å²) in [7, 11) is 3.73. The Morgan fingerprint density at radius 2 is 1.76 bits per heavy atom. The summed E-state index contributed by atoms with van der Waals surface area (Å²) in [5.41, 5.74) is 1.08. The molecule has 0 unspecified atom stereocenters. The molecule has 0 saturated carbocycles. The highest BCUT2D eigenvalue weighted by atomic mass is 16.5. The van der Waals surface area contributed by atoms with Crippen LogP contribution in [-0.2, 0) is 4.79 Å². The number of carbonyl (C=O) groups is 1. The summed E-state index contributed by atoms with van der Waals surface area (Å²) in [5, 5.41) is 0. The molecule has 112 valence electrons. The van der Waals surface area contributed by atoms with Crippen LogP contribution in [0.1, 0.15) is 5.56 Å². The summed E-state index contributed by atoms with van der Waals surface area (Å²) in [6, 6.07) is 7.79. The summed E-state index contributed by atoms with van der Waals surface area (Å²) < 4.78 is 5.11. The zero-order valence-corrected chi connectivity index (χ0v) is 12.7. The lowest BCUT2D eigenvalue weighted by Crippen LogP contribution is -2.46. The van der Waals surface area contributed by atoms with Gasteiger partial charge in [0.2, 0.25) is 5.91 Å². The molecule has 0 bridgehead atoms. The van der Waals surface area contributed by atoms with Crippen LogP contribution < -0.4 is 4.74 Å². The maximum absolute atomic E-state index is 12.0. The Morgan fingerprint density at radius 1 is 1.10 bits per heavy atom. The number of allylic oxidation sites excluding steroid dienone is 2.